The van der Waals surface area contributed by atoms with Gasteiger partial charge >= 0.3 is 6.97 Å². The fourth-order valence-electron chi connectivity index (χ4n) is 3.63. The van der Waals surface area contributed by atoms with E-state index in [0.717, 1.165) is 8.96 Å². The predicted molar refractivity (Wildman–Crippen MR) is 102 cm³/mol. The van der Waals surface area contributed by atoms with Crippen LogP contribution in [0.3, 0.4) is 0 Å². The molecule has 0 saturated heterocycles. The van der Waals surface area contributed by atoms with E-state index < -0.39 is 18.6 Å². The molecular weight excluding hydrogens is 423 g/mol. The Morgan fingerprint density at radius 1 is 1.11 bits per heavy atom. The third-order valence-electron chi connectivity index (χ3n) is 5.11. The summed E-state index contributed by atoms with van der Waals surface area (Å²) >= 11 is 2.96. The quantitative estimate of drug-likeness (QED) is 0.338. The second-order valence-electron chi connectivity index (χ2n) is 6.68. The third kappa shape index (κ3) is 2.57. The molecule has 0 aliphatic carbocycles. The van der Waals surface area contributed by atoms with E-state index in [1.807, 2.05) is 13.8 Å². The Balaban J connectivity index is 2.09. The Morgan fingerprint density at radius 3 is 2.52 bits per heavy atom. The van der Waals surface area contributed by atoms with Crippen LogP contribution < -0.4 is 0 Å². The molecule has 0 bridgehead atoms. The van der Waals surface area contributed by atoms with Gasteiger partial charge in [0.15, 0.2) is 17.3 Å². The first kappa shape index (κ1) is 18.3. The number of aromatic nitrogens is 1. The van der Waals surface area contributed by atoms with E-state index in [4.69, 9.17) is 0 Å². The minimum atomic E-state index is -4.11. The zero-order valence-corrected chi connectivity index (χ0v) is 16.3. The van der Waals surface area contributed by atoms with Gasteiger partial charge in [-0.1, -0.05) is 13.8 Å². The minimum Gasteiger partial charge on any atom is -0.396 e. The topological polar surface area (TPSA) is 7.94 Å². The molecule has 0 amide bonds. The van der Waals surface area contributed by atoms with E-state index in [-0.39, 0.29) is 27.0 Å². The molecule has 8 heteroatoms. The first-order chi connectivity index (χ1) is 12.8. The van der Waals surface area contributed by atoms with Crippen LogP contribution in [0, 0.1) is 11.6 Å². The van der Waals surface area contributed by atoms with E-state index in [2.05, 4.69) is 15.9 Å². The maximum absolute atomic E-state index is 15.2. The van der Waals surface area contributed by atoms with Crippen LogP contribution in [0.15, 0.2) is 46.2 Å². The van der Waals surface area contributed by atoms with Crippen LogP contribution in [0.2, 0.25) is 0 Å². The summed E-state index contributed by atoms with van der Waals surface area (Å²) in [5.74, 6) is -2.10. The van der Waals surface area contributed by atoms with E-state index >= 15 is 8.63 Å². The van der Waals surface area contributed by atoms with Gasteiger partial charge in [0.1, 0.15) is 6.21 Å². The largest absolute Gasteiger partial charge is 0.737 e. The number of fused-ring (bicyclic) bond motifs is 2. The summed E-state index contributed by atoms with van der Waals surface area (Å²) in [6, 6.07) is 4.44. The Hall–Kier alpha value is -2.09. The van der Waals surface area contributed by atoms with Crippen molar-refractivity contribution in [2.75, 3.05) is 0 Å². The number of benzene rings is 1. The monoisotopic (exact) mass is 438 g/mol. The second-order valence-corrected chi connectivity index (χ2v) is 7.53. The average molecular weight is 439 g/mol. The molecule has 0 unspecified atom stereocenters. The molecule has 0 atom stereocenters. The molecule has 0 N–H and O–H groups in total. The van der Waals surface area contributed by atoms with Gasteiger partial charge in [-0.2, -0.15) is 0 Å². The Bertz CT molecular complexity index is 1070. The van der Waals surface area contributed by atoms with Crippen LogP contribution in [0.1, 0.15) is 37.1 Å². The van der Waals surface area contributed by atoms with Crippen molar-refractivity contribution in [3.8, 4) is 0 Å². The van der Waals surface area contributed by atoms with Crippen molar-refractivity contribution >= 4 is 34.7 Å². The SMILES string of the molecule is CCC1=CC2=C(c3ccc(Br)c(F)c3F)c3cc(CC)cn3[B-](F)(F)[N+]2=C1. The van der Waals surface area contributed by atoms with E-state index in [1.54, 1.807) is 12.1 Å². The van der Waals surface area contributed by atoms with Crippen molar-refractivity contribution in [2.45, 2.75) is 26.7 Å². The molecule has 2 aromatic rings. The van der Waals surface area contributed by atoms with Gasteiger partial charge < -0.3 is 17.6 Å². The molecule has 140 valence electrons. The number of hydrogen-bond acceptors (Lipinski definition) is 0. The standard InChI is InChI=1S/C19H16BBrF4N2/c1-3-11-7-15-17(13-5-6-14(21)19(23)18(13)22)16-8-12(4-2)10-27(16)20(24,25)26(15)9-11/h5-10H,3-4H2,1-2H3. The van der Waals surface area contributed by atoms with Gasteiger partial charge in [0.2, 0.25) is 0 Å². The first-order valence-electron chi connectivity index (χ1n) is 8.75. The number of nitrogens with zero attached hydrogens (tertiary/aromatic N) is 2. The van der Waals surface area contributed by atoms with E-state index in [0.29, 0.717) is 24.0 Å². The van der Waals surface area contributed by atoms with Gasteiger partial charge in [-0.3, -0.25) is 0 Å². The summed E-state index contributed by atoms with van der Waals surface area (Å²) in [4.78, 5) is 0. The van der Waals surface area contributed by atoms with Gasteiger partial charge in [0, 0.05) is 22.9 Å². The Labute approximate surface area is 162 Å². The summed E-state index contributed by atoms with van der Waals surface area (Å²) < 4.78 is 61.2. The molecule has 1 aromatic heterocycles. The molecule has 1 aromatic carbocycles. The van der Waals surface area contributed by atoms with Crippen molar-refractivity contribution in [3.63, 3.8) is 0 Å². The van der Waals surface area contributed by atoms with Crippen LogP contribution in [0.4, 0.5) is 17.4 Å². The maximum atomic E-state index is 15.2. The lowest BCUT2D eigenvalue weighted by atomic mass is 9.86. The normalized spacial score (nSPS) is 17.6. The number of hydrogen-bond donors (Lipinski definition) is 0. The molecule has 2 nitrogen and oxygen atoms in total. The van der Waals surface area contributed by atoms with Gasteiger partial charge in [-0.15, -0.1) is 0 Å². The molecule has 0 radical (unpaired) electrons. The van der Waals surface area contributed by atoms with Crippen LogP contribution in [-0.2, 0) is 6.42 Å². The van der Waals surface area contributed by atoms with Crippen LogP contribution in [0.25, 0.3) is 5.57 Å². The molecule has 27 heavy (non-hydrogen) atoms. The lowest BCUT2D eigenvalue weighted by Crippen LogP contribution is -2.49. The maximum Gasteiger partial charge on any atom is 0.737 e. The highest BCUT2D eigenvalue weighted by molar-refractivity contribution is 9.10. The first-order valence-corrected chi connectivity index (χ1v) is 9.54. The summed E-state index contributed by atoms with van der Waals surface area (Å²) in [5, 5.41) is 0. The van der Waals surface area contributed by atoms with Crippen molar-refractivity contribution in [1.29, 1.82) is 0 Å². The molecule has 2 aliphatic rings. The van der Waals surface area contributed by atoms with E-state index in [1.165, 1.54) is 24.5 Å². The molecule has 0 saturated carbocycles. The van der Waals surface area contributed by atoms with Gasteiger partial charge in [-0.25, -0.2) is 8.78 Å². The summed E-state index contributed by atoms with van der Waals surface area (Å²) in [7, 11) is 0. The fraction of sp³-hybridized carbons (Fsp3) is 0.211. The molecule has 3 heterocycles. The molecule has 0 fully saturated rings. The molecule has 4 rings (SSSR count). The fourth-order valence-corrected chi connectivity index (χ4v) is 3.94. The smallest absolute Gasteiger partial charge is 0.396 e. The Kier molecular flexibility index (Phi) is 4.22. The van der Waals surface area contributed by atoms with Crippen molar-refractivity contribution < 1.29 is 21.9 Å². The van der Waals surface area contributed by atoms with Crippen LogP contribution >= 0.6 is 15.9 Å². The lowest BCUT2D eigenvalue weighted by molar-refractivity contribution is -0.356. The summed E-state index contributed by atoms with van der Waals surface area (Å²) in [5.41, 5.74) is 2.06. The average Bonchev–Trinajstić information content (AvgIpc) is 3.27. The van der Waals surface area contributed by atoms with Crippen molar-refractivity contribution in [2.24, 2.45) is 0 Å². The molecule has 2 aliphatic heterocycles. The third-order valence-corrected chi connectivity index (χ3v) is 5.73. The highest BCUT2D eigenvalue weighted by Crippen LogP contribution is 2.41. The zero-order chi connectivity index (χ0) is 19.5. The van der Waals surface area contributed by atoms with Gasteiger partial charge in [0.05, 0.1) is 10.0 Å². The number of aryl methyl sites for hydroxylation is 1. The van der Waals surface area contributed by atoms with Crippen LogP contribution in [-0.4, -0.2) is 22.1 Å². The molecular formula is C19H16BBrF4N2. The highest BCUT2D eigenvalue weighted by Gasteiger charge is 2.52. The number of allylic oxidation sites excluding steroid dienone is 2. The van der Waals surface area contributed by atoms with Crippen LogP contribution in [0.5, 0.6) is 0 Å². The van der Waals surface area contributed by atoms with Gasteiger partial charge in [-0.05, 0) is 58.7 Å². The highest BCUT2D eigenvalue weighted by atomic mass is 79.9. The van der Waals surface area contributed by atoms with Crippen molar-refractivity contribution in [1.82, 2.24) is 4.48 Å². The van der Waals surface area contributed by atoms with Gasteiger partial charge in [0.25, 0.3) is 0 Å². The number of rotatable bonds is 3. The summed E-state index contributed by atoms with van der Waals surface area (Å²) in [6.07, 6.45) is 5.55. The number of halogens is 5. The summed E-state index contributed by atoms with van der Waals surface area (Å²) in [6.45, 7) is -0.382. The van der Waals surface area contributed by atoms with E-state index in [9.17, 15) is 8.78 Å². The Morgan fingerprint density at radius 2 is 1.85 bits per heavy atom. The predicted octanol–water partition coefficient (Wildman–Crippen LogP) is 5.52. The van der Waals surface area contributed by atoms with Crippen molar-refractivity contribution in [3.05, 3.63) is 74.7 Å². The minimum absolute atomic E-state index is 0.0102. The second kappa shape index (κ2) is 6.22. The lowest BCUT2D eigenvalue weighted by Gasteiger charge is -2.31. The zero-order valence-electron chi connectivity index (χ0n) is 14.7. The molecule has 0 spiro atoms.